The predicted molar refractivity (Wildman–Crippen MR) is 70.2 cm³/mol. The summed E-state index contributed by atoms with van der Waals surface area (Å²) >= 11 is 0. The minimum Gasteiger partial charge on any atom is -0.368 e. The molecule has 0 aliphatic heterocycles. The Hall–Kier alpha value is -1.58. The second kappa shape index (κ2) is 4.73. The Morgan fingerprint density at radius 2 is 2.12 bits per heavy atom. The Balaban J connectivity index is 2.18. The van der Waals surface area contributed by atoms with Gasteiger partial charge in [0, 0.05) is 18.9 Å². The molecule has 2 heterocycles. The Kier molecular flexibility index (Phi) is 3.31. The van der Waals surface area contributed by atoms with Gasteiger partial charge >= 0.3 is 0 Å². The maximum absolute atomic E-state index is 4.38. The van der Waals surface area contributed by atoms with E-state index in [1.807, 2.05) is 17.6 Å². The second-order valence-corrected chi connectivity index (χ2v) is 4.99. The van der Waals surface area contributed by atoms with Crippen LogP contribution in [0.2, 0.25) is 0 Å². The number of hydrogen-bond acceptors (Lipinski definition) is 3. The SMILES string of the molecule is Cc1cc2c(NCC(C)C(C)C)nccn2n1. The molecule has 4 heteroatoms. The van der Waals surface area contributed by atoms with Gasteiger partial charge in [-0.25, -0.2) is 9.50 Å². The van der Waals surface area contributed by atoms with Crippen LogP contribution in [0.5, 0.6) is 0 Å². The van der Waals surface area contributed by atoms with Crippen LogP contribution in [0, 0.1) is 18.8 Å². The van der Waals surface area contributed by atoms with Gasteiger partial charge in [0.25, 0.3) is 0 Å². The van der Waals surface area contributed by atoms with E-state index >= 15 is 0 Å². The van der Waals surface area contributed by atoms with Crippen molar-refractivity contribution < 1.29 is 0 Å². The van der Waals surface area contributed by atoms with Gasteiger partial charge in [0.1, 0.15) is 5.52 Å². The van der Waals surface area contributed by atoms with Gasteiger partial charge in [-0.1, -0.05) is 20.8 Å². The summed E-state index contributed by atoms with van der Waals surface area (Å²) in [6.45, 7) is 9.66. The minimum atomic E-state index is 0.626. The molecule has 0 fully saturated rings. The summed E-state index contributed by atoms with van der Waals surface area (Å²) in [6.07, 6.45) is 3.65. The molecule has 0 spiro atoms. The number of anilines is 1. The highest BCUT2D eigenvalue weighted by Crippen LogP contribution is 2.16. The molecule has 0 radical (unpaired) electrons. The normalized spacial score (nSPS) is 13.2. The molecule has 0 aromatic carbocycles. The van der Waals surface area contributed by atoms with Crippen LogP contribution in [0.15, 0.2) is 18.5 Å². The van der Waals surface area contributed by atoms with Crippen molar-refractivity contribution >= 4 is 11.3 Å². The van der Waals surface area contributed by atoms with Crippen molar-refractivity contribution in [1.82, 2.24) is 14.6 Å². The van der Waals surface area contributed by atoms with Crippen LogP contribution in [-0.2, 0) is 0 Å². The molecular weight excluding hydrogens is 212 g/mol. The summed E-state index contributed by atoms with van der Waals surface area (Å²) in [7, 11) is 0. The Morgan fingerprint density at radius 3 is 2.82 bits per heavy atom. The third-order valence-corrected chi connectivity index (χ3v) is 3.24. The van der Waals surface area contributed by atoms with Crippen LogP contribution in [0.25, 0.3) is 5.52 Å². The van der Waals surface area contributed by atoms with E-state index in [2.05, 4.69) is 42.2 Å². The molecule has 0 aliphatic carbocycles. The van der Waals surface area contributed by atoms with Gasteiger partial charge < -0.3 is 5.32 Å². The Morgan fingerprint density at radius 1 is 1.35 bits per heavy atom. The number of hydrogen-bond donors (Lipinski definition) is 1. The summed E-state index contributed by atoms with van der Waals surface area (Å²) in [5.74, 6) is 2.22. The molecule has 4 nitrogen and oxygen atoms in total. The van der Waals surface area contributed by atoms with E-state index in [1.54, 1.807) is 6.20 Å². The van der Waals surface area contributed by atoms with Crippen molar-refractivity contribution in [2.24, 2.45) is 11.8 Å². The quantitative estimate of drug-likeness (QED) is 0.881. The molecule has 2 rings (SSSR count). The molecule has 1 unspecified atom stereocenters. The van der Waals surface area contributed by atoms with E-state index in [0.29, 0.717) is 11.8 Å². The summed E-state index contributed by atoms with van der Waals surface area (Å²) in [5, 5.41) is 7.78. The molecule has 17 heavy (non-hydrogen) atoms. The molecule has 0 amide bonds. The first-order chi connectivity index (χ1) is 8.08. The zero-order valence-electron chi connectivity index (χ0n) is 10.9. The largest absolute Gasteiger partial charge is 0.368 e. The van der Waals surface area contributed by atoms with E-state index in [-0.39, 0.29) is 0 Å². The highest BCUT2D eigenvalue weighted by Gasteiger charge is 2.09. The highest BCUT2D eigenvalue weighted by atomic mass is 15.2. The van der Waals surface area contributed by atoms with Gasteiger partial charge in [-0.3, -0.25) is 0 Å². The lowest BCUT2D eigenvalue weighted by Gasteiger charge is -2.16. The summed E-state index contributed by atoms with van der Waals surface area (Å²) < 4.78 is 1.87. The number of nitrogens with one attached hydrogen (secondary N) is 1. The predicted octanol–water partition coefficient (Wildman–Crippen LogP) is 2.74. The van der Waals surface area contributed by atoms with Gasteiger partial charge in [0.15, 0.2) is 5.82 Å². The van der Waals surface area contributed by atoms with Crippen LogP contribution in [0.3, 0.4) is 0 Å². The van der Waals surface area contributed by atoms with Crippen molar-refractivity contribution in [1.29, 1.82) is 0 Å². The van der Waals surface area contributed by atoms with Gasteiger partial charge in [-0.05, 0) is 24.8 Å². The molecule has 2 aromatic heterocycles. The molecule has 0 bridgehead atoms. The van der Waals surface area contributed by atoms with Gasteiger partial charge in [0.05, 0.1) is 5.69 Å². The fourth-order valence-corrected chi connectivity index (χ4v) is 1.67. The van der Waals surface area contributed by atoms with Crippen LogP contribution >= 0.6 is 0 Å². The number of rotatable bonds is 4. The zero-order valence-corrected chi connectivity index (χ0v) is 10.9. The standard InChI is InChI=1S/C13H20N4/c1-9(2)10(3)8-15-13-12-7-11(4)16-17(12)6-5-14-13/h5-7,9-10H,8H2,1-4H3,(H,14,15). The van der Waals surface area contributed by atoms with Gasteiger partial charge in [-0.15, -0.1) is 0 Å². The maximum atomic E-state index is 4.38. The zero-order chi connectivity index (χ0) is 12.4. The van der Waals surface area contributed by atoms with E-state index in [9.17, 15) is 0 Å². The van der Waals surface area contributed by atoms with E-state index < -0.39 is 0 Å². The van der Waals surface area contributed by atoms with E-state index in [0.717, 1.165) is 23.6 Å². The molecule has 0 saturated carbocycles. The monoisotopic (exact) mass is 232 g/mol. The first-order valence-electron chi connectivity index (χ1n) is 6.13. The lowest BCUT2D eigenvalue weighted by atomic mass is 9.98. The molecule has 0 aliphatic rings. The smallest absolute Gasteiger partial charge is 0.152 e. The van der Waals surface area contributed by atoms with Crippen molar-refractivity contribution in [2.45, 2.75) is 27.7 Å². The van der Waals surface area contributed by atoms with Crippen molar-refractivity contribution in [2.75, 3.05) is 11.9 Å². The molecule has 92 valence electrons. The van der Waals surface area contributed by atoms with Gasteiger partial charge in [-0.2, -0.15) is 5.10 Å². The first kappa shape index (κ1) is 11.9. The highest BCUT2D eigenvalue weighted by molar-refractivity contribution is 5.67. The maximum Gasteiger partial charge on any atom is 0.152 e. The molecule has 2 aromatic rings. The summed E-state index contributed by atoms with van der Waals surface area (Å²) in [6, 6.07) is 2.05. The van der Waals surface area contributed by atoms with Crippen molar-refractivity contribution in [3.05, 3.63) is 24.2 Å². The lowest BCUT2D eigenvalue weighted by molar-refractivity contribution is 0.439. The lowest BCUT2D eigenvalue weighted by Crippen LogP contribution is -2.17. The summed E-state index contributed by atoms with van der Waals surface area (Å²) in [5.41, 5.74) is 2.05. The van der Waals surface area contributed by atoms with Crippen LogP contribution in [-0.4, -0.2) is 21.1 Å². The molecule has 0 saturated heterocycles. The van der Waals surface area contributed by atoms with Crippen LogP contribution in [0.1, 0.15) is 26.5 Å². The molecule has 1 N–H and O–H groups in total. The van der Waals surface area contributed by atoms with Crippen LogP contribution < -0.4 is 5.32 Å². The average molecular weight is 232 g/mol. The number of aromatic nitrogens is 3. The Labute approximate surface area is 102 Å². The van der Waals surface area contributed by atoms with Crippen molar-refractivity contribution in [3.8, 4) is 0 Å². The number of fused-ring (bicyclic) bond motifs is 1. The summed E-state index contributed by atoms with van der Waals surface area (Å²) in [4.78, 5) is 4.38. The third-order valence-electron chi connectivity index (χ3n) is 3.24. The van der Waals surface area contributed by atoms with E-state index in [1.165, 1.54) is 0 Å². The molecular formula is C13H20N4. The number of nitrogens with zero attached hydrogens (tertiary/aromatic N) is 3. The molecule has 1 atom stereocenters. The third kappa shape index (κ3) is 2.57. The fourth-order valence-electron chi connectivity index (χ4n) is 1.67. The van der Waals surface area contributed by atoms with Crippen LogP contribution in [0.4, 0.5) is 5.82 Å². The minimum absolute atomic E-state index is 0.626. The van der Waals surface area contributed by atoms with E-state index in [4.69, 9.17) is 0 Å². The van der Waals surface area contributed by atoms with Gasteiger partial charge in [0.2, 0.25) is 0 Å². The number of aryl methyl sites for hydroxylation is 1. The first-order valence-corrected chi connectivity index (χ1v) is 6.13. The second-order valence-electron chi connectivity index (χ2n) is 4.99. The topological polar surface area (TPSA) is 42.2 Å². The average Bonchev–Trinajstić information content (AvgIpc) is 2.66. The fraction of sp³-hybridized carbons (Fsp3) is 0.538. The Bertz CT molecular complexity index is 501. The van der Waals surface area contributed by atoms with Crippen molar-refractivity contribution in [3.63, 3.8) is 0 Å².